The van der Waals surface area contributed by atoms with Crippen molar-refractivity contribution in [2.24, 2.45) is 0 Å². The summed E-state index contributed by atoms with van der Waals surface area (Å²) < 4.78 is 10.9. The Morgan fingerprint density at radius 3 is 2.48 bits per heavy atom. The lowest BCUT2D eigenvalue weighted by molar-refractivity contribution is -0.113. The number of furan rings is 1. The van der Waals surface area contributed by atoms with Gasteiger partial charge in [0.1, 0.15) is 17.2 Å². The predicted molar refractivity (Wildman–Crippen MR) is 123 cm³/mol. The van der Waals surface area contributed by atoms with Gasteiger partial charge in [-0.25, -0.2) is 4.79 Å². The molecule has 8 heteroatoms. The van der Waals surface area contributed by atoms with E-state index >= 15 is 0 Å². The SMILES string of the molecule is CCCCOc1ccc(C(=O)NC(=Cc2ccco2)C(=O)Nc2cccc(C(=O)O)c2)cc1. The number of ether oxygens (including phenoxy) is 1. The Balaban J connectivity index is 1.76. The van der Waals surface area contributed by atoms with Gasteiger partial charge in [0.25, 0.3) is 11.8 Å². The monoisotopic (exact) mass is 448 g/mol. The number of amides is 2. The summed E-state index contributed by atoms with van der Waals surface area (Å²) in [5.41, 5.74) is 0.561. The van der Waals surface area contributed by atoms with Crippen LogP contribution in [0.15, 0.2) is 77.0 Å². The van der Waals surface area contributed by atoms with Gasteiger partial charge in [-0.1, -0.05) is 19.4 Å². The van der Waals surface area contributed by atoms with E-state index in [4.69, 9.17) is 14.3 Å². The van der Waals surface area contributed by atoms with E-state index in [0.29, 0.717) is 23.7 Å². The Labute approximate surface area is 190 Å². The Morgan fingerprint density at radius 2 is 1.82 bits per heavy atom. The molecule has 2 aromatic carbocycles. The summed E-state index contributed by atoms with van der Waals surface area (Å²) >= 11 is 0. The number of hydrogen-bond donors (Lipinski definition) is 3. The molecule has 3 N–H and O–H groups in total. The van der Waals surface area contributed by atoms with Crippen LogP contribution in [0, 0.1) is 0 Å². The molecule has 0 spiro atoms. The number of carbonyl (C=O) groups excluding carboxylic acids is 2. The third kappa shape index (κ3) is 6.83. The first-order valence-corrected chi connectivity index (χ1v) is 10.4. The zero-order valence-electron chi connectivity index (χ0n) is 18.0. The quantitative estimate of drug-likeness (QED) is 0.309. The van der Waals surface area contributed by atoms with Crippen molar-refractivity contribution in [3.8, 4) is 5.75 Å². The molecule has 0 radical (unpaired) electrons. The van der Waals surface area contributed by atoms with Crippen molar-refractivity contribution < 1.29 is 28.6 Å². The molecule has 0 aliphatic heterocycles. The highest BCUT2D eigenvalue weighted by atomic mass is 16.5. The minimum atomic E-state index is -1.12. The fourth-order valence-electron chi connectivity index (χ4n) is 2.83. The third-order valence-corrected chi connectivity index (χ3v) is 4.57. The molecule has 0 saturated carbocycles. The first kappa shape index (κ1) is 23.3. The van der Waals surface area contributed by atoms with E-state index in [2.05, 4.69) is 17.6 Å². The van der Waals surface area contributed by atoms with Crippen molar-refractivity contribution in [2.45, 2.75) is 19.8 Å². The summed E-state index contributed by atoms with van der Waals surface area (Å²) in [4.78, 5) is 36.8. The van der Waals surface area contributed by atoms with Crippen LogP contribution in [0.25, 0.3) is 6.08 Å². The number of benzene rings is 2. The summed E-state index contributed by atoms with van der Waals surface area (Å²) in [6.07, 6.45) is 4.79. The minimum Gasteiger partial charge on any atom is -0.494 e. The Hall–Kier alpha value is -4.33. The molecule has 3 aromatic rings. The number of rotatable bonds is 10. The van der Waals surface area contributed by atoms with Crippen LogP contribution in [0.4, 0.5) is 5.69 Å². The minimum absolute atomic E-state index is 0.0228. The van der Waals surface area contributed by atoms with Crippen LogP contribution in [0.1, 0.15) is 46.2 Å². The fraction of sp³-hybridized carbons (Fsp3) is 0.160. The van der Waals surface area contributed by atoms with Crippen molar-refractivity contribution in [1.82, 2.24) is 5.32 Å². The van der Waals surface area contributed by atoms with E-state index < -0.39 is 17.8 Å². The van der Waals surface area contributed by atoms with Gasteiger partial charge in [-0.3, -0.25) is 9.59 Å². The average Bonchev–Trinajstić information content (AvgIpc) is 3.32. The fourth-order valence-corrected chi connectivity index (χ4v) is 2.83. The maximum Gasteiger partial charge on any atom is 0.335 e. The third-order valence-electron chi connectivity index (χ3n) is 4.57. The molecule has 0 aliphatic rings. The highest BCUT2D eigenvalue weighted by molar-refractivity contribution is 6.10. The first-order valence-electron chi connectivity index (χ1n) is 10.4. The van der Waals surface area contributed by atoms with E-state index in [1.54, 1.807) is 42.5 Å². The maximum atomic E-state index is 12.9. The van der Waals surface area contributed by atoms with Crippen molar-refractivity contribution in [3.63, 3.8) is 0 Å². The van der Waals surface area contributed by atoms with Crippen molar-refractivity contribution in [2.75, 3.05) is 11.9 Å². The number of unbranched alkanes of at least 4 members (excludes halogenated alkanes) is 1. The van der Waals surface area contributed by atoms with Crippen molar-refractivity contribution in [1.29, 1.82) is 0 Å². The van der Waals surface area contributed by atoms with Gasteiger partial charge in [0, 0.05) is 17.3 Å². The van der Waals surface area contributed by atoms with Gasteiger partial charge in [0.15, 0.2) is 0 Å². The molecule has 2 amide bonds. The maximum absolute atomic E-state index is 12.9. The average molecular weight is 448 g/mol. The van der Waals surface area contributed by atoms with Crippen LogP contribution < -0.4 is 15.4 Å². The molecular formula is C25H24N2O6. The molecule has 0 aliphatic carbocycles. The van der Waals surface area contributed by atoms with Crippen LogP contribution in [0.3, 0.4) is 0 Å². The van der Waals surface area contributed by atoms with Crippen molar-refractivity contribution in [3.05, 3.63) is 89.5 Å². The molecule has 0 bridgehead atoms. The number of carboxylic acid groups (broad SMARTS) is 1. The van der Waals surface area contributed by atoms with Crippen LogP contribution in [0.5, 0.6) is 5.75 Å². The second-order valence-corrected chi connectivity index (χ2v) is 7.09. The lowest BCUT2D eigenvalue weighted by atomic mass is 10.2. The molecule has 0 unspecified atom stereocenters. The molecule has 1 heterocycles. The molecule has 0 saturated heterocycles. The normalized spacial score (nSPS) is 11.0. The van der Waals surface area contributed by atoms with Crippen LogP contribution in [-0.2, 0) is 4.79 Å². The molecule has 33 heavy (non-hydrogen) atoms. The van der Waals surface area contributed by atoms with Gasteiger partial charge >= 0.3 is 5.97 Å². The van der Waals surface area contributed by atoms with E-state index in [1.165, 1.54) is 30.5 Å². The van der Waals surface area contributed by atoms with Gasteiger partial charge in [-0.05, 0) is 61.0 Å². The number of hydrogen-bond acceptors (Lipinski definition) is 5. The lowest BCUT2D eigenvalue weighted by Crippen LogP contribution is -2.30. The zero-order chi connectivity index (χ0) is 23.6. The van der Waals surface area contributed by atoms with Crippen LogP contribution in [0.2, 0.25) is 0 Å². The number of carbonyl (C=O) groups is 3. The van der Waals surface area contributed by atoms with Gasteiger partial charge in [0.05, 0.1) is 18.4 Å². The summed E-state index contributed by atoms with van der Waals surface area (Å²) in [6, 6.07) is 15.7. The number of anilines is 1. The molecule has 1 aromatic heterocycles. The molecule has 0 fully saturated rings. The lowest BCUT2D eigenvalue weighted by Gasteiger charge is -2.12. The topological polar surface area (TPSA) is 118 Å². The molecule has 0 atom stereocenters. The van der Waals surface area contributed by atoms with E-state index in [0.717, 1.165) is 12.8 Å². The largest absolute Gasteiger partial charge is 0.494 e. The Kier molecular flexibility index (Phi) is 8.02. The van der Waals surface area contributed by atoms with Crippen LogP contribution in [-0.4, -0.2) is 29.5 Å². The first-order chi connectivity index (χ1) is 16.0. The zero-order valence-corrected chi connectivity index (χ0v) is 18.0. The van der Waals surface area contributed by atoms with Crippen molar-refractivity contribution >= 4 is 29.5 Å². The standard InChI is InChI=1S/C25H24N2O6/c1-2-3-13-32-20-11-9-17(10-12-20)23(28)27-22(16-21-8-5-14-33-21)24(29)26-19-7-4-6-18(15-19)25(30)31/h4-12,14-16H,2-3,13H2,1H3,(H,26,29)(H,27,28)(H,30,31). The van der Waals surface area contributed by atoms with E-state index in [9.17, 15) is 14.4 Å². The molecular weight excluding hydrogens is 424 g/mol. The summed E-state index contributed by atoms with van der Waals surface area (Å²) in [5, 5.41) is 14.3. The van der Waals surface area contributed by atoms with Gasteiger partial charge in [-0.2, -0.15) is 0 Å². The summed E-state index contributed by atoms with van der Waals surface area (Å²) in [7, 11) is 0. The Bertz CT molecular complexity index is 1130. The number of nitrogens with one attached hydrogen (secondary N) is 2. The van der Waals surface area contributed by atoms with Gasteiger partial charge in [0.2, 0.25) is 0 Å². The highest BCUT2D eigenvalue weighted by Crippen LogP contribution is 2.16. The molecule has 8 nitrogen and oxygen atoms in total. The smallest absolute Gasteiger partial charge is 0.335 e. The van der Waals surface area contributed by atoms with E-state index in [-0.39, 0.29) is 16.9 Å². The molecule has 170 valence electrons. The summed E-state index contributed by atoms with van der Waals surface area (Å²) in [5.74, 6) is -1.24. The highest BCUT2D eigenvalue weighted by Gasteiger charge is 2.16. The van der Waals surface area contributed by atoms with Gasteiger partial charge < -0.3 is 24.9 Å². The van der Waals surface area contributed by atoms with Crippen LogP contribution >= 0.6 is 0 Å². The second kappa shape index (κ2) is 11.3. The number of carboxylic acids is 1. The van der Waals surface area contributed by atoms with Gasteiger partial charge in [-0.15, -0.1) is 0 Å². The second-order valence-electron chi connectivity index (χ2n) is 7.09. The number of aromatic carboxylic acids is 1. The predicted octanol–water partition coefficient (Wildman–Crippen LogP) is 4.57. The Morgan fingerprint density at radius 1 is 1.03 bits per heavy atom. The van der Waals surface area contributed by atoms with E-state index in [1.807, 2.05) is 0 Å². The molecule has 3 rings (SSSR count). The summed E-state index contributed by atoms with van der Waals surface area (Å²) in [6.45, 7) is 2.67.